The number of aromatic nitrogens is 4. The van der Waals surface area contributed by atoms with Gasteiger partial charge in [-0.15, -0.1) is 0 Å². The van der Waals surface area contributed by atoms with Crippen molar-refractivity contribution in [2.75, 3.05) is 4.72 Å². The summed E-state index contributed by atoms with van der Waals surface area (Å²) in [6.07, 6.45) is 3.02. The van der Waals surface area contributed by atoms with Crippen molar-refractivity contribution in [3.05, 3.63) is 23.8 Å². The number of nitrogens with one attached hydrogen (secondary N) is 2. The van der Waals surface area contributed by atoms with Crippen LogP contribution in [0.3, 0.4) is 0 Å². The zero-order valence-corrected chi connectivity index (χ0v) is 10.5. The Morgan fingerprint density at radius 3 is 2.59 bits per heavy atom. The van der Waals surface area contributed by atoms with E-state index in [1.165, 1.54) is 10.9 Å². The molecule has 0 saturated heterocycles. The lowest BCUT2D eigenvalue weighted by atomic mass is 10.4. The summed E-state index contributed by atoms with van der Waals surface area (Å²) in [7, 11) is -1.95. The maximum Gasteiger partial charge on any atom is 0.267 e. The minimum atomic E-state index is -3.65. The standard InChI is InChI=1S/C9H13N5O2S/c1-6-8(7(2)14(3)12-6)17(15,16)13-9-10-4-5-11-9/h4-5H,1-3H3,(H2,10,11,13). The molecule has 0 atom stereocenters. The zero-order chi connectivity index (χ0) is 12.6. The monoisotopic (exact) mass is 255 g/mol. The van der Waals surface area contributed by atoms with E-state index >= 15 is 0 Å². The molecule has 8 heteroatoms. The van der Waals surface area contributed by atoms with Crippen LogP contribution >= 0.6 is 0 Å². The first-order valence-electron chi connectivity index (χ1n) is 4.94. The third-order valence-electron chi connectivity index (χ3n) is 2.44. The highest BCUT2D eigenvalue weighted by Gasteiger charge is 2.24. The number of hydrogen-bond donors (Lipinski definition) is 2. The van der Waals surface area contributed by atoms with Gasteiger partial charge in [-0.2, -0.15) is 5.10 Å². The fourth-order valence-corrected chi connectivity index (χ4v) is 3.06. The van der Waals surface area contributed by atoms with Crippen LogP contribution in [0.2, 0.25) is 0 Å². The van der Waals surface area contributed by atoms with Gasteiger partial charge in [-0.25, -0.2) is 18.1 Å². The fourth-order valence-electron chi connectivity index (χ4n) is 1.64. The summed E-state index contributed by atoms with van der Waals surface area (Å²) in [5.74, 6) is 0.188. The number of nitrogens with zero attached hydrogens (tertiary/aromatic N) is 3. The molecular formula is C9H13N5O2S. The second-order valence-corrected chi connectivity index (χ2v) is 5.29. The highest BCUT2D eigenvalue weighted by Crippen LogP contribution is 2.20. The van der Waals surface area contributed by atoms with Crippen molar-refractivity contribution >= 4 is 16.0 Å². The number of H-pyrrole nitrogens is 1. The van der Waals surface area contributed by atoms with E-state index in [-0.39, 0.29) is 10.8 Å². The van der Waals surface area contributed by atoms with Crippen molar-refractivity contribution in [2.45, 2.75) is 18.7 Å². The smallest absolute Gasteiger partial charge is 0.267 e. The molecule has 0 fully saturated rings. The predicted molar refractivity (Wildman–Crippen MR) is 62.1 cm³/mol. The summed E-state index contributed by atoms with van der Waals surface area (Å²) in [6, 6.07) is 0. The van der Waals surface area contributed by atoms with E-state index in [1.54, 1.807) is 27.1 Å². The largest absolute Gasteiger partial charge is 0.330 e. The maximum atomic E-state index is 12.1. The molecule has 2 rings (SSSR count). The van der Waals surface area contributed by atoms with Gasteiger partial charge in [0.05, 0.1) is 11.4 Å². The quantitative estimate of drug-likeness (QED) is 0.838. The molecule has 2 heterocycles. The molecule has 2 aromatic heterocycles. The highest BCUT2D eigenvalue weighted by atomic mass is 32.2. The topological polar surface area (TPSA) is 92.7 Å². The van der Waals surface area contributed by atoms with E-state index in [9.17, 15) is 8.42 Å². The van der Waals surface area contributed by atoms with E-state index in [0.29, 0.717) is 11.4 Å². The summed E-state index contributed by atoms with van der Waals surface area (Å²) in [5, 5.41) is 4.07. The Labute approximate surface area is 98.9 Å². The van der Waals surface area contributed by atoms with Gasteiger partial charge in [0.15, 0.2) is 0 Å². The van der Waals surface area contributed by atoms with E-state index in [0.717, 1.165) is 0 Å². The molecule has 92 valence electrons. The minimum absolute atomic E-state index is 0.188. The van der Waals surface area contributed by atoms with Crippen LogP contribution in [0.5, 0.6) is 0 Å². The molecular weight excluding hydrogens is 242 g/mol. The summed E-state index contributed by atoms with van der Waals surface area (Å²) in [4.78, 5) is 6.69. The van der Waals surface area contributed by atoms with E-state index in [1.807, 2.05) is 0 Å². The summed E-state index contributed by atoms with van der Waals surface area (Å²) < 4.78 is 28.2. The highest BCUT2D eigenvalue weighted by molar-refractivity contribution is 7.92. The first-order chi connectivity index (χ1) is 7.92. The third kappa shape index (κ3) is 2.03. The number of anilines is 1. The van der Waals surface area contributed by atoms with Crippen LogP contribution in [0.4, 0.5) is 5.95 Å². The Bertz CT molecular complexity index is 627. The molecule has 0 aromatic carbocycles. The zero-order valence-electron chi connectivity index (χ0n) is 9.72. The molecule has 17 heavy (non-hydrogen) atoms. The van der Waals surface area contributed by atoms with Crippen molar-refractivity contribution in [3.8, 4) is 0 Å². The van der Waals surface area contributed by atoms with Crippen LogP contribution in [0, 0.1) is 13.8 Å². The molecule has 0 radical (unpaired) electrons. The maximum absolute atomic E-state index is 12.1. The number of hydrogen-bond acceptors (Lipinski definition) is 4. The van der Waals surface area contributed by atoms with E-state index in [4.69, 9.17) is 0 Å². The van der Waals surface area contributed by atoms with Gasteiger partial charge in [-0.1, -0.05) is 0 Å². The summed E-state index contributed by atoms with van der Waals surface area (Å²) in [6.45, 7) is 3.36. The van der Waals surface area contributed by atoms with Crippen LogP contribution in [0.15, 0.2) is 17.3 Å². The molecule has 2 N–H and O–H groups in total. The van der Waals surface area contributed by atoms with Crippen LogP contribution in [0.25, 0.3) is 0 Å². The van der Waals surface area contributed by atoms with Crippen molar-refractivity contribution in [2.24, 2.45) is 7.05 Å². The lowest BCUT2D eigenvalue weighted by Crippen LogP contribution is -2.15. The number of rotatable bonds is 3. The molecule has 0 aliphatic rings. The van der Waals surface area contributed by atoms with Gasteiger partial charge >= 0.3 is 0 Å². The minimum Gasteiger partial charge on any atom is -0.330 e. The third-order valence-corrected chi connectivity index (χ3v) is 4.03. The van der Waals surface area contributed by atoms with Gasteiger partial charge in [-0.3, -0.25) is 4.68 Å². The molecule has 0 amide bonds. The molecule has 2 aromatic rings. The number of aryl methyl sites for hydroxylation is 2. The van der Waals surface area contributed by atoms with Crippen LogP contribution in [-0.4, -0.2) is 28.2 Å². The Morgan fingerprint density at radius 1 is 1.41 bits per heavy atom. The van der Waals surface area contributed by atoms with Gasteiger partial charge < -0.3 is 4.98 Å². The number of aromatic amines is 1. The van der Waals surface area contributed by atoms with Crippen LogP contribution < -0.4 is 4.72 Å². The number of imidazole rings is 1. The Kier molecular flexibility index (Phi) is 2.66. The second-order valence-electron chi connectivity index (χ2n) is 3.67. The molecule has 7 nitrogen and oxygen atoms in total. The molecule has 0 spiro atoms. The number of sulfonamides is 1. The first-order valence-corrected chi connectivity index (χ1v) is 6.42. The lowest BCUT2D eigenvalue weighted by Gasteiger charge is -2.05. The molecule has 0 bridgehead atoms. The Balaban J connectivity index is 2.45. The lowest BCUT2D eigenvalue weighted by molar-refractivity contribution is 0.599. The average molecular weight is 255 g/mol. The van der Waals surface area contributed by atoms with Crippen molar-refractivity contribution in [1.82, 2.24) is 19.7 Å². The Hall–Kier alpha value is -1.83. The van der Waals surface area contributed by atoms with Crippen molar-refractivity contribution in [1.29, 1.82) is 0 Å². The van der Waals surface area contributed by atoms with Crippen LogP contribution in [-0.2, 0) is 17.1 Å². The van der Waals surface area contributed by atoms with Crippen molar-refractivity contribution in [3.63, 3.8) is 0 Å². The van der Waals surface area contributed by atoms with Gasteiger partial charge in [0.1, 0.15) is 4.90 Å². The van der Waals surface area contributed by atoms with Gasteiger partial charge in [0, 0.05) is 19.4 Å². The Morgan fingerprint density at radius 2 is 2.12 bits per heavy atom. The SMILES string of the molecule is Cc1nn(C)c(C)c1S(=O)(=O)Nc1ncc[nH]1. The fraction of sp³-hybridized carbons (Fsp3) is 0.333. The predicted octanol–water partition coefficient (Wildman–Crippen LogP) is 0.561. The van der Waals surface area contributed by atoms with Gasteiger partial charge in [0.2, 0.25) is 5.95 Å². The molecule has 0 saturated carbocycles. The van der Waals surface area contributed by atoms with Gasteiger partial charge in [-0.05, 0) is 13.8 Å². The van der Waals surface area contributed by atoms with E-state index < -0.39 is 10.0 Å². The van der Waals surface area contributed by atoms with E-state index in [2.05, 4.69) is 19.8 Å². The normalized spacial score (nSPS) is 11.7. The van der Waals surface area contributed by atoms with Crippen LogP contribution in [0.1, 0.15) is 11.4 Å². The summed E-state index contributed by atoms with van der Waals surface area (Å²) in [5.41, 5.74) is 1.05. The summed E-state index contributed by atoms with van der Waals surface area (Å²) >= 11 is 0. The molecule has 0 aliphatic carbocycles. The first kappa shape index (κ1) is 11.6. The van der Waals surface area contributed by atoms with Gasteiger partial charge in [0.25, 0.3) is 10.0 Å². The molecule has 0 aliphatic heterocycles. The molecule has 0 unspecified atom stereocenters. The van der Waals surface area contributed by atoms with Crippen molar-refractivity contribution < 1.29 is 8.42 Å². The average Bonchev–Trinajstić information content (AvgIpc) is 2.76. The second kappa shape index (κ2) is 3.88.